The minimum atomic E-state index is -0.434. The molecule has 1 aliphatic carbocycles. The fraction of sp³-hybridized carbons (Fsp3) is 0.0769. The van der Waals surface area contributed by atoms with Crippen molar-refractivity contribution in [3.8, 4) is 0 Å². The average Bonchev–Trinajstić information content (AvgIpc) is 2.38. The second-order valence-electron chi connectivity index (χ2n) is 3.32. The first-order chi connectivity index (χ1) is 7.86. The van der Waals surface area contributed by atoms with Crippen molar-refractivity contribution in [3.63, 3.8) is 0 Å². The predicted octanol–water partition coefficient (Wildman–Crippen LogP) is 2.72. The summed E-state index contributed by atoms with van der Waals surface area (Å²) in [6.07, 6.45) is 8.25. The third kappa shape index (κ3) is 2.67. The Kier molecular flexibility index (Phi) is 3.28. The number of allylic oxidation sites excluding steroid dienone is 4. The zero-order valence-electron chi connectivity index (χ0n) is 8.67. The maximum Gasteiger partial charge on any atom is 0.365 e. The van der Waals surface area contributed by atoms with E-state index in [1.807, 2.05) is 30.4 Å². The normalized spacial score (nSPS) is 16.4. The Morgan fingerprint density at radius 2 is 2.00 bits per heavy atom. The summed E-state index contributed by atoms with van der Waals surface area (Å²) in [5.74, 6) is -0.434. The molecule has 3 nitrogen and oxygen atoms in total. The van der Waals surface area contributed by atoms with Crippen LogP contribution in [-0.4, -0.2) is 11.7 Å². The van der Waals surface area contributed by atoms with E-state index >= 15 is 0 Å². The molecule has 0 radical (unpaired) electrons. The van der Waals surface area contributed by atoms with Gasteiger partial charge in [-0.15, -0.1) is 0 Å². The van der Waals surface area contributed by atoms with Gasteiger partial charge in [0.25, 0.3) is 0 Å². The summed E-state index contributed by atoms with van der Waals surface area (Å²) in [5.41, 5.74) is 1.24. The molecule has 3 heteroatoms. The lowest BCUT2D eigenvalue weighted by atomic mass is 10.2. The average molecular weight is 213 g/mol. The van der Waals surface area contributed by atoms with Crippen LogP contribution < -0.4 is 0 Å². The molecule has 0 fully saturated rings. The molecule has 0 atom stereocenters. The Bertz CT molecular complexity index is 458. The topological polar surface area (TPSA) is 38.7 Å². The molecule has 0 saturated heterocycles. The number of carbonyl (C=O) groups is 1. The summed E-state index contributed by atoms with van der Waals surface area (Å²) >= 11 is 0. The number of oxime groups is 1. The Morgan fingerprint density at radius 3 is 2.69 bits per heavy atom. The Hall–Kier alpha value is -2.16. The first-order valence-electron chi connectivity index (χ1n) is 5.03. The summed E-state index contributed by atoms with van der Waals surface area (Å²) in [7, 11) is 0. The van der Waals surface area contributed by atoms with Gasteiger partial charge in [0.05, 0.1) is 11.3 Å². The van der Waals surface area contributed by atoms with Crippen LogP contribution in [0.5, 0.6) is 0 Å². The standard InChI is InChI=1S/C13H11NO2/c15-13(11-7-3-1-4-8-11)16-14-12-9-5-2-6-10-12/h1-9H,10H2. The van der Waals surface area contributed by atoms with Gasteiger partial charge in [0.1, 0.15) is 0 Å². The third-order valence-electron chi connectivity index (χ3n) is 2.12. The van der Waals surface area contributed by atoms with Crippen LogP contribution >= 0.6 is 0 Å². The highest BCUT2D eigenvalue weighted by Crippen LogP contribution is 2.04. The Labute approximate surface area is 93.7 Å². The summed E-state index contributed by atoms with van der Waals surface area (Å²) in [4.78, 5) is 16.3. The van der Waals surface area contributed by atoms with E-state index in [9.17, 15) is 4.79 Å². The van der Waals surface area contributed by atoms with Crippen molar-refractivity contribution in [1.29, 1.82) is 0 Å². The molecule has 0 spiro atoms. The van der Waals surface area contributed by atoms with Gasteiger partial charge in [0.2, 0.25) is 0 Å². The first kappa shape index (κ1) is 10.4. The lowest BCUT2D eigenvalue weighted by molar-refractivity contribution is 0.0516. The molecule has 0 amide bonds. The SMILES string of the molecule is O=C(ON=C1C=CC=CC1)c1ccccc1. The lowest BCUT2D eigenvalue weighted by Gasteiger charge is -2.01. The van der Waals surface area contributed by atoms with Gasteiger partial charge >= 0.3 is 5.97 Å². The molecule has 0 bridgehead atoms. The highest BCUT2D eigenvalue weighted by atomic mass is 16.7. The van der Waals surface area contributed by atoms with Crippen molar-refractivity contribution in [1.82, 2.24) is 0 Å². The number of nitrogens with zero attached hydrogens (tertiary/aromatic N) is 1. The maximum atomic E-state index is 11.5. The van der Waals surface area contributed by atoms with Crippen molar-refractivity contribution >= 4 is 11.7 Å². The number of benzene rings is 1. The van der Waals surface area contributed by atoms with E-state index < -0.39 is 5.97 Å². The van der Waals surface area contributed by atoms with E-state index in [2.05, 4.69) is 5.16 Å². The lowest BCUT2D eigenvalue weighted by Crippen LogP contribution is -2.03. The molecule has 0 aliphatic heterocycles. The smallest absolute Gasteiger partial charge is 0.313 e. The van der Waals surface area contributed by atoms with E-state index in [1.54, 1.807) is 24.3 Å². The van der Waals surface area contributed by atoms with Gasteiger partial charge in [-0.05, 0) is 18.2 Å². The van der Waals surface area contributed by atoms with E-state index in [0.29, 0.717) is 12.0 Å². The molecule has 0 aromatic heterocycles. The molecule has 0 saturated carbocycles. The van der Waals surface area contributed by atoms with Crippen LogP contribution in [0.15, 0.2) is 59.8 Å². The molecular formula is C13H11NO2. The molecule has 16 heavy (non-hydrogen) atoms. The van der Waals surface area contributed by atoms with Gasteiger partial charge in [-0.3, -0.25) is 0 Å². The van der Waals surface area contributed by atoms with Crippen molar-refractivity contribution in [2.24, 2.45) is 5.16 Å². The molecule has 0 unspecified atom stereocenters. The molecule has 0 N–H and O–H groups in total. The van der Waals surface area contributed by atoms with Crippen molar-refractivity contribution < 1.29 is 9.63 Å². The fourth-order valence-corrected chi connectivity index (χ4v) is 1.30. The van der Waals surface area contributed by atoms with Crippen molar-refractivity contribution in [2.75, 3.05) is 0 Å². The van der Waals surface area contributed by atoms with Crippen molar-refractivity contribution in [2.45, 2.75) is 6.42 Å². The molecule has 80 valence electrons. The molecule has 2 rings (SSSR count). The van der Waals surface area contributed by atoms with Gasteiger partial charge in [-0.1, -0.05) is 41.6 Å². The predicted molar refractivity (Wildman–Crippen MR) is 62.2 cm³/mol. The summed E-state index contributed by atoms with van der Waals surface area (Å²) in [6, 6.07) is 8.80. The van der Waals surface area contributed by atoms with E-state index in [4.69, 9.17) is 4.84 Å². The van der Waals surface area contributed by atoms with Crippen LogP contribution in [0.2, 0.25) is 0 Å². The molecule has 0 heterocycles. The van der Waals surface area contributed by atoms with Gasteiger partial charge < -0.3 is 4.84 Å². The number of hydrogen-bond donors (Lipinski definition) is 0. The largest absolute Gasteiger partial charge is 0.365 e. The number of carbonyl (C=O) groups excluding carboxylic acids is 1. The highest BCUT2D eigenvalue weighted by Gasteiger charge is 2.06. The van der Waals surface area contributed by atoms with E-state index in [1.165, 1.54) is 0 Å². The molecule has 1 aromatic carbocycles. The van der Waals surface area contributed by atoms with Crippen LogP contribution in [-0.2, 0) is 4.84 Å². The van der Waals surface area contributed by atoms with Gasteiger partial charge in [-0.25, -0.2) is 4.79 Å². The zero-order chi connectivity index (χ0) is 11.2. The molecule has 1 aliphatic rings. The van der Waals surface area contributed by atoms with E-state index in [-0.39, 0.29) is 0 Å². The minimum absolute atomic E-state index is 0.434. The fourth-order valence-electron chi connectivity index (χ4n) is 1.30. The Balaban J connectivity index is 1.99. The van der Waals surface area contributed by atoms with Crippen molar-refractivity contribution in [3.05, 3.63) is 60.2 Å². The van der Waals surface area contributed by atoms with Crippen LogP contribution in [0.25, 0.3) is 0 Å². The second kappa shape index (κ2) is 5.07. The minimum Gasteiger partial charge on any atom is -0.313 e. The first-order valence-corrected chi connectivity index (χ1v) is 5.03. The van der Waals surface area contributed by atoms with Crippen LogP contribution in [0.1, 0.15) is 16.8 Å². The number of rotatable bonds is 2. The maximum absolute atomic E-state index is 11.5. The monoisotopic (exact) mass is 213 g/mol. The van der Waals surface area contributed by atoms with Gasteiger partial charge in [0, 0.05) is 6.42 Å². The summed E-state index contributed by atoms with van der Waals surface area (Å²) < 4.78 is 0. The zero-order valence-corrected chi connectivity index (χ0v) is 8.67. The highest BCUT2D eigenvalue weighted by molar-refractivity contribution is 5.97. The molecular weight excluding hydrogens is 202 g/mol. The quantitative estimate of drug-likeness (QED) is 0.559. The Morgan fingerprint density at radius 1 is 1.19 bits per heavy atom. The summed E-state index contributed by atoms with van der Waals surface area (Å²) in [6.45, 7) is 0. The molecule has 1 aromatic rings. The van der Waals surface area contributed by atoms with Gasteiger partial charge in [-0.2, -0.15) is 0 Å². The van der Waals surface area contributed by atoms with Crippen LogP contribution in [0.4, 0.5) is 0 Å². The second-order valence-corrected chi connectivity index (χ2v) is 3.32. The summed E-state index contributed by atoms with van der Waals surface area (Å²) in [5, 5.41) is 3.79. The van der Waals surface area contributed by atoms with Gasteiger partial charge in [0.15, 0.2) is 0 Å². The number of hydrogen-bond acceptors (Lipinski definition) is 3. The van der Waals surface area contributed by atoms with E-state index in [0.717, 1.165) is 5.71 Å². The third-order valence-corrected chi connectivity index (χ3v) is 2.12. The van der Waals surface area contributed by atoms with Crippen LogP contribution in [0.3, 0.4) is 0 Å². The van der Waals surface area contributed by atoms with Crippen LogP contribution in [0, 0.1) is 0 Å².